The standard InChI is InChI=1S/C12H18N4O2/c1-12(10(17)18,8-4-5-8)15-9-6-7-13-11(14-9)16(2)3/h6-8H,4-5H2,1-3H3,(H,17,18)(H,13,14,15). The highest BCUT2D eigenvalue weighted by Gasteiger charge is 2.47. The van der Waals surface area contributed by atoms with Crippen molar-refractivity contribution in [3.8, 4) is 0 Å². The van der Waals surface area contributed by atoms with Crippen molar-refractivity contribution >= 4 is 17.7 Å². The summed E-state index contributed by atoms with van der Waals surface area (Å²) < 4.78 is 0. The maximum Gasteiger partial charge on any atom is 0.329 e. The Labute approximate surface area is 106 Å². The molecule has 2 rings (SSSR count). The molecule has 1 fully saturated rings. The summed E-state index contributed by atoms with van der Waals surface area (Å²) >= 11 is 0. The van der Waals surface area contributed by atoms with Gasteiger partial charge in [0.25, 0.3) is 0 Å². The number of rotatable bonds is 5. The van der Waals surface area contributed by atoms with Gasteiger partial charge in [0.1, 0.15) is 11.4 Å². The molecule has 1 atom stereocenters. The first kappa shape index (κ1) is 12.6. The lowest BCUT2D eigenvalue weighted by molar-refractivity contribution is -0.142. The van der Waals surface area contributed by atoms with Crippen LogP contribution in [0.1, 0.15) is 19.8 Å². The van der Waals surface area contributed by atoms with Gasteiger partial charge in [-0.2, -0.15) is 4.98 Å². The fourth-order valence-electron chi connectivity index (χ4n) is 1.89. The predicted octanol–water partition coefficient (Wildman–Crippen LogP) is 1.21. The van der Waals surface area contributed by atoms with E-state index in [1.54, 1.807) is 24.1 Å². The molecule has 2 N–H and O–H groups in total. The summed E-state index contributed by atoms with van der Waals surface area (Å²) in [6.07, 6.45) is 3.52. The molecule has 6 heteroatoms. The number of aromatic nitrogens is 2. The molecule has 0 radical (unpaired) electrons. The molecule has 0 spiro atoms. The highest BCUT2D eigenvalue weighted by Crippen LogP contribution is 2.41. The number of hydrogen-bond acceptors (Lipinski definition) is 5. The molecule has 0 bridgehead atoms. The second-order valence-corrected chi connectivity index (χ2v) is 5.04. The number of anilines is 2. The predicted molar refractivity (Wildman–Crippen MR) is 68.7 cm³/mol. The molecule has 98 valence electrons. The molecule has 0 amide bonds. The van der Waals surface area contributed by atoms with Crippen molar-refractivity contribution in [3.05, 3.63) is 12.3 Å². The first-order valence-electron chi connectivity index (χ1n) is 5.95. The SMILES string of the molecule is CN(C)c1nccc(NC(C)(C(=O)O)C2CC2)n1. The van der Waals surface area contributed by atoms with Crippen LogP contribution in [0.15, 0.2) is 12.3 Å². The highest BCUT2D eigenvalue weighted by molar-refractivity contribution is 5.83. The Morgan fingerprint density at radius 1 is 1.56 bits per heavy atom. The fraction of sp³-hybridized carbons (Fsp3) is 0.583. The Bertz CT molecular complexity index is 459. The Morgan fingerprint density at radius 2 is 2.22 bits per heavy atom. The molecule has 1 saturated carbocycles. The third-order valence-corrected chi connectivity index (χ3v) is 3.27. The summed E-state index contributed by atoms with van der Waals surface area (Å²) in [5.41, 5.74) is -0.946. The zero-order valence-electron chi connectivity index (χ0n) is 10.8. The van der Waals surface area contributed by atoms with Gasteiger partial charge in [-0.15, -0.1) is 0 Å². The summed E-state index contributed by atoms with van der Waals surface area (Å²) in [5.74, 6) is 0.442. The number of carboxylic acid groups (broad SMARTS) is 1. The van der Waals surface area contributed by atoms with Gasteiger partial charge in [-0.1, -0.05) is 0 Å². The first-order valence-corrected chi connectivity index (χ1v) is 5.95. The van der Waals surface area contributed by atoms with Crippen LogP contribution in [0.4, 0.5) is 11.8 Å². The summed E-state index contributed by atoms with van der Waals surface area (Å²) in [5, 5.41) is 12.4. The van der Waals surface area contributed by atoms with Gasteiger partial charge in [-0.25, -0.2) is 9.78 Å². The molecule has 1 heterocycles. The van der Waals surface area contributed by atoms with E-state index in [9.17, 15) is 9.90 Å². The third kappa shape index (κ3) is 2.37. The summed E-state index contributed by atoms with van der Waals surface area (Å²) in [6, 6.07) is 1.69. The maximum absolute atomic E-state index is 11.4. The molecular weight excluding hydrogens is 232 g/mol. The van der Waals surface area contributed by atoms with E-state index in [-0.39, 0.29) is 5.92 Å². The zero-order valence-corrected chi connectivity index (χ0v) is 10.8. The number of aliphatic carboxylic acids is 1. The topological polar surface area (TPSA) is 78.4 Å². The monoisotopic (exact) mass is 250 g/mol. The van der Waals surface area contributed by atoms with Crippen molar-refractivity contribution in [1.82, 2.24) is 9.97 Å². The molecular formula is C12H18N4O2. The third-order valence-electron chi connectivity index (χ3n) is 3.27. The van der Waals surface area contributed by atoms with Gasteiger partial charge in [0.2, 0.25) is 5.95 Å². The summed E-state index contributed by atoms with van der Waals surface area (Å²) in [7, 11) is 3.69. The van der Waals surface area contributed by atoms with Crippen LogP contribution in [-0.2, 0) is 4.79 Å². The van der Waals surface area contributed by atoms with E-state index in [0.29, 0.717) is 11.8 Å². The van der Waals surface area contributed by atoms with E-state index in [4.69, 9.17) is 0 Å². The van der Waals surface area contributed by atoms with Gasteiger partial charge < -0.3 is 15.3 Å². The smallest absolute Gasteiger partial charge is 0.329 e. The van der Waals surface area contributed by atoms with E-state index in [2.05, 4.69) is 15.3 Å². The van der Waals surface area contributed by atoms with Gasteiger partial charge in [0, 0.05) is 20.3 Å². The second kappa shape index (κ2) is 4.44. The van der Waals surface area contributed by atoms with Crippen LogP contribution in [-0.4, -0.2) is 40.7 Å². The number of carboxylic acids is 1. The van der Waals surface area contributed by atoms with Crippen LogP contribution < -0.4 is 10.2 Å². The minimum Gasteiger partial charge on any atom is -0.480 e. The van der Waals surface area contributed by atoms with Crippen LogP contribution in [0.3, 0.4) is 0 Å². The lowest BCUT2D eigenvalue weighted by Gasteiger charge is -2.27. The van der Waals surface area contributed by atoms with Crippen LogP contribution in [0.2, 0.25) is 0 Å². The number of nitrogens with one attached hydrogen (secondary N) is 1. The van der Waals surface area contributed by atoms with Crippen molar-refractivity contribution in [2.75, 3.05) is 24.3 Å². The van der Waals surface area contributed by atoms with Gasteiger partial charge in [0.15, 0.2) is 0 Å². The summed E-state index contributed by atoms with van der Waals surface area (Å²) in [4.78, 5) is 21.6. The number of carbonyl (C=O) groups is 1. The van der Waals surface area contributed by atoms with Crippen LogP contribution in [0.5, 0.6) is 0 Å². The van der Waals surface area contributed by atoms with Crippen molar-refractivity contribution < 1.29 is 9.90 Å². The van der Waals surface area contributed by atoms with Crippen LogP contribution in [0.25, 0.3) is 0 Å². The molecule has 1 unspecified atom stereocenters. The Hall–Kier alpha value is -1.85. The lowest BCUT2D eigenvalue weighted by atomic mass is 9.96. The number of hydrogen-bond donors (Lipinski definition) is 2. The van der Waals surface area contributed by atoms with E-state index < -0.39 is 11.5 Å². The van der Waals surface area contributed by atoms with Crippen molar-refractivity contribution in [1.29, 1.82) is 0 Å². The van der Waals surface area contributed by atoms with Crippen LogP contribution >= 0.6 is 0 Å². The molecule has 18 heavy (non-hydrogen) atoms. The van der Waals surface area contributed by atoms with Crippen molar-refractivity contribution in [2.24, 2.45) is 5.92 Å². The van der Waals surface area contributed by atoms with Gasteiger partial charge >= 0.3 is 5.97 Å². The molecule has 1 aliphatic rings. The summed E-state index contributed by atoms with van der Waals surface area (Å²) in [6.45, 7) is 1.71. The Balaban J connectivity index is 2.21. The molecule has 6 nitrogen and oxygen atoms in total. The highest BCUT2D eigenvalue weighted by atomic mass is 16.4. The van der Waals surface area contributed by atoms with Crippen LogP contribution in [0, 0.1) is 5.92 Å². The maximum atomic E-state index is 11.4. The Kier molecular flexibility index (Phi) is 3.11. The van der Waals surface area contributed by atoms with Crippen molar-refractivity contribution in [3.63, 3.8) is 0 Å². The normalized spacial score (nSPS) is 17.9. The lowest BCUT2D eigenvalue weighted by Crippen LogP contribution is -2.45. The van der Waals surface area contributed by atoms with Gasteiger partial charge in [-0.3, -0.25) is 0 Å². The molecule has 0 saturated heterocycles. The first-order chi connectivity index (χ1) is 8.43. The van der Waals surface area contributed by atoms with Gasteiger partial charge in [0.05, 0.1) is 0 Å². The van der Waals surface area contributed by atoms with E-state index in [0.717, 1.165) is 12.8 Å². The Morgan fingerprint density at radius 3 is 2.72 bits per heavy atom. The molecule has 1 aromatic heterocycles. The van der Waals surface area contributed by atoms with E-state index in [1.807, 2.05) is 14.1 Å². The molecule has 1 aromatic rings. The average Bonchev–Trinajstić information content (AvgIpc) is 3.13. The molecule has 0 aromatic carbocycles. The minimum absolute atomic E-state index is 0.174. The van der Waals surface area contributed by atoms with E-state index in [1.165, 1.54) is 0 Å². The zero-order chi connectivity index (χ0) is 13.3. The average molecular weight is 250 g/mol. The van der Waals surface area contributed by atoms with E-state index >= 15 is 0 Å². The molecule has 0 aliphatic heterocycles. The van der Waals surface area contributed by atoms with Gasteiger partial charge in [-0.05, 0) is 31.7 Å². The van der Waals surface area contributed by atoms with Crippen molar-refractivity contribution in [2.45, 2.75) is 25.3 Å². The quantitative estimate of drug-likeness (QED) is 0.817. The fourth-order valence-corrected chi connectivity index (χ4v) is 1.89. The number of nitrogens with zero attached hydrogens (tertiary/aromatic N) is 3. The largest absolute Gasteiger partial charge is 0.480 e. The molecule has 1 aliphatic carbocycles. The minimum atomic E-state index is -0.946. The second-order valence-electron chi connectivity index (χ2n) is 5.04.